The van der Waals surface area contributed by atoms with Gasteiger partial charge in [-0.15, -0.1) is 0 Å². The molecule has 0 saturated heterocycles. The Hall–Kier alpha value is -1.59. The van der Waals surface area contributed by atoms with Crippen LogP contribution in [0.4, 0.5) is 4.79 Å². The van der Waals surface area contributed by atoms with Gasteiger partial charge in [0.25, 0.3) is 0 Å². The fourth-order valence-corrected chi connectivity index (χ4v) is 2.28. The van der Waals surface area contributed by atoms with Crippen LogP contribution in [0.5, 0.6) is 0 Å². The van der Waals surface area contributed by atoms with Crippen LogP contribution in [0.2, 0.25) is 0 Å². The van der Waals surface area contributed by atoms with Crippen molar-refractivity contribution < 1.29 is 9.90 Å². The lowest BCUT2D eigenvalue weighted by Gasteiger charge is -2.26. The second-order valence-electron chi connectivity index (χ2n) is 5.72. The third-order valence-corrected chi connectivity index (χ3v) is 3.90. The maximum absolute atomic E-state index is 11.9. The van der Waals surface area contributed by atoms with Crippen LogP contribution in [-0.2, 0) is 6.42 Å². The number of aliphatic hydroxyl groups is 1. The maximum Gasteiger partial charge on any atom is 0.315 e. The highest BCUT2D eigenvalue weighted by molar-refractivity contribution is 5.74. The summed E-state index contributed by atoms with van der Waals surface area (Å²) in [5.74, 6) is 0. The molecule has 0 radical (unpaired) electrons. The lowest BCUT2D eigenvalue weighted by molar-refractivity contribution is 0.210. The van der Waals surface area contributed by atoms with E-state index < -0.39 is 0 Å². The molecule has 0 aliphatic heterocycles. The monoisotopic (exact) mass is 307 g/mol. The van der Waals surface area contributed by atoms with Crippen molar-refractivity contribution in [1.29, 1.82) is 0 Å². The van der Waals surface area contributed by atoms with E-state index in [1.54, 1.807) is 0 Å². The highest BCUT2D eigenvalue weighted by Crippen LogP contribution is 2.18. The van der Waals surface area contributed by atoms with Crippen LogP contribution < -0.4 is 10.6 Å². The third-order valence-electron chi connectivity index (χ3n) is 3.90. The Bertz CT molecular complexity index is 442. The summed E-state index contributed by atoms with van der Waals surface area (Å²) < 4.78 is 0. The molecule has 1 aromatic rings. The topological polar surface area (TPSA) is 64.6 Å². The molecule has 0 heterocycles. The summed E-state index contributed by atoms with van der Waals surface area (Å²) in [6.45, 7) is 4.54. The van der Waals surface area contributed by atoms with Gasteiger partial charge >= 0.3 is 6.03 Å². The van der Waals surface area contributed by atoms with Gasteiger partial charge in [0, 0.05) is 6.54 Å². The Morgan fingerprint density at radius 1 is 1.23 bits per heavy atom. The van der Waals surface area contributed by atoms with Crippen LogP contribution in [0.15, 0.2) is 24.3 Å². The highest BCUT2D eigenvalue weighted by atomic mass is 16.3. The van der Waals surface area contributed by atoms with E-state index >= 15 is 0 Å². The average molecular weight is 307 g/mol. The molecule has 2 amide bonds. The Balaban J connectivity index is 2.62. The Labute approximate surface area is 133 Å². The van der Waals surface area contributed by atoms with E-state index in [0.717, 1.165) is 6.42 Å². The first-order valence-corrected chi connectivity index (χ1v) is 7.92. The van der Waals surface area contributed by atoms with E-state index in [9.17, 15) is 4.79 Å². The molecular formula is C17H29N3O2. The fourth-order valence-electron chi connectivity index (χ4n) is 2.28. The number of rotatable bonds is 8. The van der Waals surface area contributed by atoms with Crippen LogP contribution in [0.3, 0.4) is 0 Å². The molecule has 0 spiro atoms. The van der Waals surface area contributed by atoms with E-state index in [1.807, 2.05) is 21.0 Å². The van der Waals surface area contributed by atoms with Gasteiger partial charge in [-0.2, -0.15) is 0 Å². The maximum atomic E-state index is 11.9. The molecule has 0 aliphatic rings. The molecular weight excluding hydrogens is 278 g/mol. The van der Waals surface area contributed by atoms with Gasteiger partial charge in [0.1, 0.15) is 0 Å². The van der Waals surface area contributed by atoms with Crippen LogP contribution in [0, 0.1) is 0 Å². The van der Waals surface area contributed by atoms with Crippen LogP contribution in [0.1, 0.15) is 37.4 Å². The normalized spacial score (nSPS) is 13.7. The van der Waals surface area contributed by atoms with Gasteiger partial charge in [0.05, 0.1) is 18.7 Å². The number of amides is 2. The molecule has 0 aliphatic carbocycles. The first kappa shape index (κ1) is 18.5. The Morgan fingerprint density at radius 2 is 1.86 bits per heavy atom. The van der Waals surface area contributed by atoms with Gasteiger partial charge in [-0.25, -0.2) is 4.79 Å². The largest absolute Gasteiger partial charge is 0.394 e. The van der Waals surface area contributed by atoms with Gasteiger partial charge in [0.2, 0.25) is 0 Å². The zero-order valence-electron chi connectivity index (χ0n) is 14.1. The average Bonchev–Trinajstić information content (AvgIpc) is 2.53. The third kappa shape index (κ3) is 5.66. The number of urea groups is 1. The van der Waals surface area contributed by atoms with Crippen molar-refractivity contribution >= 4 is 6.03 Å². The zero-order valence-corrected chi connectivity index (χ0v) is 14.1. The number of likely N-dealkylation sites (N-methyl/N-ethyl adjacent to an activating group) is 1. The van der Waals surface area contributed by atoms with E-state index in [1.165, 1.54) is 11.1 Å². The molecule has 124 valence electrons. The Morgan fingerprint density at radius 3 is 2.32 bits per heavy atom. The summed E-state index contributed by atoms with van der Waals surface area (Å²) in [4.78, 5) is 14.0. The van der Waals surface area contributed by atoms with Gasteiger partial charge in [-0.3, -0.25) is 0 Å². The molecule has 2 unspecified atom stereocenters. The van der Waals surface area contributed by atoms with E-state index in [0.29, 0.717) is 13.0 Å². The summed E-state index contributed by atoms with van der Waals surface area (Å²) in [6, 6.07) is 8.18. The van der Waals surface area contributed by atoms with Gasteiger partial charge in [-0.1, -0.05) is 38.1 Å². The number of benzene rings is 1. The molecule has 3 N–H and O–H groups in total. The zero-order chi connectivity index (χ0) is 16.5. The minimum absolute atomic E-state index is 0.0422. The van der Waals surface area contributed by atoms with Gasteiger partial charge < -0.3 is 20.6 Å². The molecule has 5 heteroatoms. The Kier molecular flexibility index (Phi) is 7.91. The van der Waals surface area contributed by atoms with Crippen LogP contribution in [-0.4, -0.2) is 49.3 Å². The van der Waals surface area contributed by atoms with Crippen molar-refractivity contribution in [3.63, 3.8) is 0 Å². The van der Waals surface area contributed by atoms with Crippen LogP contribution in [0.25, 0.3) is 0 Å². The lowest BCUT2D eigenvalue weighted by atomic mass is 10.0. The summed E-state index contributed by atoms with van der Waals surface area (Å²) in [5, 5.41) is 14.8. The van der Waals surface area contributed by atoms with Crippen molar-refractivity contribution in [3.8, 4) is 0 Å². The second-order valence-corrected chi connectivity index (χ2v) is 5.72. The van der Waals surface area contributed by atoms with E-state index in [4.69, 9.17) is 5.11 Å². The minimum Gasteiger partial charge on any atom is -0.394 e. The van der Waals surface area contributed by atoms with Crippen molar-refractivity contribution in [2.45, 2.75) is 38.8 Å². The molecule has 0 saturated carbocycles. The van der Waals surface area contributed by atoms with Gasteiger partial charge in [0.15, 0.2) is 0 Å². The van der Waals surface area contributed by atoms with E-state index in [2.05, 4.69) is 46.7 Å². The highest BCUT2D eigenvalue weighted by Gasteiger charge is 2.16. The summed E-state index contributed by atoms with van der Waals surface area (Å²) >= 11 is 0. The minimum atomic E-state index is -0.238. The number of carbonyl (C=O) groups excluding carboxylic acids is 1. The number of carbonyl (C=O) groups is 1. The second kappa shape index (κ2) is 9.43. The van der Waals surface area contributed by atoms with E-state index in [-0.39, 0.29) is 24.7 Å². The predicted octanol–water partition coefficient (Wildman–Crippen LogP) is 1.92. The number of aliphatic hydroxyl groups excluding tert-OH is 1. The SMILES string of the molecule is CCc1ccc(C(CNC(=O)NC(CC)CO)N(C)C)cc1. The molecule has 0 bridgehead atoms. The molecule has 2 atom stereocenters. The first-order chi connectivity index (χ1) is 10.5. The van der Waals surface area contributed by atoms with Crippen LogP contribution >= 0.6 is 0 Å². The number of nitrogens with one attached hydrogen (secondary N) is 2. The fraction of sp³-hybridized carbons (Fsp3) is 0.588. The molecule has 1 aromatic carbocycles. The lowest BCUT2D eigenvalue weighted by Crippen LogP contribution is -2.45. The number of hydrogen-bond donors (Lipinski definition) is 3. The summed E-state index contributed by atoms with van der Waals surface area (Å²) in [6.07, 6.45) is 1.73. The number of nitrogens with zero attached hydrogens (tertiary/aromatic N) is 1. The van der Waals surface area contributed by atoms with Gasteiger partial charge in [-0.05, 0) is 38.1 Å². The smallest absolute Gasteiger partial charge is 0.315 e. The van der Waals surface area contributed by atoms with Crippen molar-refractivity contribution in [2.75, 3.05) is 27.2 Å². The number of aryl methyl sites for hydroxylation is 1. The quantitative estimate of drug-likeness (QED) is 0.687. The summed E-state index contributed by atoms with van der Waals surface area (Å²) in [7, 11) is 4.00. The molecule has 22 heavy (non-hydrogen) atoms. The van der Waals surface area contributed by atoms with Crippen molar-refractivity contribution in [1.82, 2.24) is 15.5 Å². The number of hydrogen-bond acceptors (Lipinski definition) is 3. The predicted molar refractivity (Wildman–Crippen MR) is 89.9 cm³/mol. The van der Waals surface area contributed by atoms with Crippen molar-refractivity contribution in [3.05, 3.63) is 35.4 Å². The molecule has 1 rings (SSSR count). The molecule has 0 aromatic heterocycles. The van der Waals surface area contributed by atoms with Crippen molar-refractivity contribution in [2.24, 2.45) is 0 Å². The molecule has 5 nitrogen and oxygen atoms in total. The molecule has 0 fully saturated rings. The standard InChI is InChI=1S/C17H29N3O2/c1-5-13-7-9-14(10-8-13)16(20(3)4)11-18-17(22)19-15(6-2)12-21/h7-10,15-16,21H,5-6,11-12H2,1-4H3,(H2,18,19,22). The first-order valence-electron chi connectivity index (χ1n) is 7.92. The summed E-state index contributed by atoms with van der Waals surface area (Å²) in [5.41, 5.74) is 2.48.